The van der Waals surface area contributed by atoms with Crippen LogP contribution in [-0.2, 0) is 14.6 Å². The fraction of sp³-hybridized carbons (Fsp3) is 0.727. The summed E-state index contributed by atoms with van der Waals surface area (Å²) >= 11 is 1.41. The van der Waals surface area contributed by atoms with Crippen molar-refractivity contribution in [2.45, 2.75) is 30.7 Å². The van der Waals surface area contributed by atoms with Gasteiger partial charge in [-0.1, -0.05) is 0 Å². The van der Waals surface area contributed by atoms with Crippen LogP contribution < -0.4 is 5.32 Å². The fourth-order valence-corrected chi connectivity index (χ4v) is 3.86. The number of nitrogens with zero attached hydrogens (tertiary/aromatic N) is 1. The lowest BCUT2D eigenvalue weighted by molar-refractivity contribution is 0.117. The zero-order valence-electron chi connectivity index (χ0n) is 10.7. The quantitative estimate of drug-likeness (QED) is 0.905. The molecule has 1 aromatic heterocycles. The molecule has 3 unspecified atom stereocenters. The van der Waals surface area contributed by atoms with Crippen LogP contribution in [-0.4, -0.2) is 39.4 Å². The Hall–Kier alpha value is -0.500. The lowest BCUT2D eigenvalue weighted by atomic mass is 10.1. The molecule has 18 heavy (non-hydrogen) atoms. The molecule has 7 heteroatoms. The van der Waals surface area contributed by atoms with E-state index >= 15 is 0 Å². The predicted molar refractivity (Wildman–Crippen MR) is 71.5 cm³/mol. The van der Waals surface area contributed by atoms with Crippen LogP contribution in [0.3, 0.4) is 0 Å². The Kier molecular flexibility index (Phi) is 4.05. The number of methoxy groups -OCH3 is 1. The summed E-state index contributed by atoms with van der Waals surface area (Å²) in [6, 6.07) is 0.173. The van der Waals surface area contributed by atoms with Gasteiger partial charge < -0.3 is 10.1 Å². The number of hydrogen-bond donors (Lipinski definition) is 1. The number of thiazole rings is 1. The summed E-state index contributed by atoms with van der Waals surface area (Å²) in [5, 5.41) is 5.40. The molecule has 2 rings (SSSR count). The molecule has 1 fully saturated rings. The number of nitrogens with one attached hydrogen (secondary N) is 1. The Bertz CT molecular complexity index is 512. The molecular formula is C11H18N2O3S2. The molecular weight excluding hydrogens is 272 g/mol. The van der Waals surface area contributed by atoms with Gasteiger partial charge in [0.25, 0.3) is 0 Å². The van der Waals surface area contributed by atoms with Crippen LogP contribution in [0.4, 0.5) is 0 Å². The van der Waals surface area contributed by atoms with E-state index in [2.05, 4.69) is 10.3 Å². The van der Waals surface area contributed by atoms with Crippen molar-refractivity contribution in [3.05, 3.63) is 16.1 Å². The number of ether oxygens (including phenoxy) is 1. The molecule has 0 saturated carbocycles. The first kappa shape index (κ1) is 13.9. The predicted octanol–water partition coefficient (Wildman–Crippen LogP) is 1.30. The summed E-state index contributed by atoms with van der Waals surface area (Å²) in [4.78, 5) is 4.45. The summed E-state index contributed by atoms with van der Waals surface area (Å²) in [7, 11) is -1.38. The summed E-state index contributed by atoms with van der Waals surface area (Å²) < 4.78 is 28.3. The van der Waals surface area contributed by atoms with Gasteiger partial charge in [-0.05, 0) is 13.3 Å². The van der Waals surface area contributed by atoms with E-state index in [4.69, 9.17) is 4.74 Å². The molecule has 1 saturated heterocycles. The van der Waals surface area contributed by atoms with Gasteiger partial charge in [-0.25, -0.2) is 13.4 Å². The fourth-order valence-electron chi connectivity index (χ4n) is 1.94. The maximum atomic E-state index is 11.5. The van der Waals surface area contributed by atoms with Crippen LogP contribution in [0.1, 0.15) is 35.3 Å². The van der Waals surface area contributed by atoms with Gasteiger partial charge in [0.1, 0.15) is 10.3 Å². The topological polar surface area (TPSA) is 68.3 Å². The van der Waals surface area contributed by atoms with E-state index < -0.39 is 15.1 Å². The number of sulfone groups is 1. The Morgan fingerprint density at radius 3 is 2.89 bits per heavy atom. The van der Waals surface area contributed by atoms with Gasteiger partial charge in [-0.15, -0.1) is 11.3 Å². The molecule has 1 aromatic rings. The number of aromatic nitrogens is 1. The third-order valence-corrected chi connectivity index (χ3v) is 6.01. The van der Waals surface area contributed by atoms with Crippen LogP contribution in [0, 0.1) is 0 Å². The highest BCUT2D eigenvalue weighted by Gasteiger charge is 2.28. The molecule has 102 valence electrons. The van der Waals surface area contributed by atoms with Crippen LogP contribution >= 0.6 is 11.3 Å². The van der Waals surface area contributed by atoms with E-state index in [9.17, 15) is 8.42 Å². The maximum absolute atomic E-state index is 11.5. The van der Waals surface area contributed by atoms with Gasteiger partial charge in [-0.3, -0.25) is 0 Å². The van der Waals surface area contributed by atoms with Crippen molar-refractivity contribution in [3.8, 4) is 0 Å². The normalized spacial score (nSPS) is 26.4. The van der Waals surface area contributed by atoms with Crippen LogP contribution in [0.15, 0.2) is 5.38 Å². The molecule has 0 aromatic carbocycles. The van der Waals surface area contributed by atoms with Gasteiger partial charge in [-0.2, -0.15) is 0 Å². The second kappa shape index (κ2) is 5.24. The average molecular weight is 290 g/mol. The van der Waals surface area contributed by atoms with Crippen LogP contribution in [0.2, 0.25) is 0 Å². The Labute approximate surface area is 111 Å². The summed E-state index contributed by atoms with van der Waals surface area (Å²) in [6.07, 6.45) is 2.34. The summed E-state index contributed by atoms with van der Waals surface area (Å²) in [5.41, 5.74) is 0.921. The SMILES string of the molecule is COC1CNC(c2csc(C(C)S(C)(=O)=O)n2)C1. The first-order valence-electron chi connectivity index (χ1n) is 5.82. The smallest absolute Gasteiger partial charge is 0.156 e. The molecule has 0 radical (unpaired) electrons. The summed E-state index contributed by atoms with van der Waals surface area (Å²) in [5.74, 6) is 0. The monoisotopic (exact) mass is 290 g/mol. The van der Waals surface area contributed by atoms with Gasteiger partial charge in [0.15, 0.2) is 9.84 Å². The van der Waals surface area contributed by atoms with E-state index in [1.165, 1.54) is 17.6 Å². The Morgan fingerprint density at radius 1 is 1.61 bits per heavy atom. The first-order chi connectivity index (χ1) is 8.41. The van der Waals surface area contributed by atoms with Crippen molar-refractivity contribution in [2.75, 3.05) is 19.9 Å². The lowest BCUT2D eigenvalue weighted by Gasteiger charge is -2.07. The highest BCUT2D eigenvalue weighted by atomic mass is 32.2. The Balaban J connectivity index is 2.12. The lowest BCUT2D eigenvalue weighted by Crippen LogP contribution is -2.16. The molecule has 0 bridgehead atoms. The minimum absolute atomic E-state index is 0.173. The number of rotatable bonds is 4. The zero-order valence-corrected chi connectivity index (χ0v) is 12.3. The van der Waals surface area contributed by atoms with Crippen molar-refractivity contribution in [2.24, 2.45) is 0 Å². The van der Waals surface area contributed by atoms with E-state index in [0.29, 0.717) is 5.01 Å². The van der Waals surface area contributed by atoms with Crippen molar-refractivity contribution in [1.82, 2.24) is 10.3 Å². The highest BCUT2D eigenvalue weighted by molar-refractivity contribution is 7.91. The minimum Gasteiger partial charge on any atom is -0.380 e. The standard InChI is InChI=1S/C11H18N2O3S2/c1-7(18(3,14)15)11-13-10(6-17-11)9-4-8(16-2)5-12-9/h6-9,12H,4-5H2,1-3H3. The van der Waals surface area contributed by atoms with E-state index in [-0.39, 0.29) is 12.1 Å². The minimum atomic E-state index is -3.08. The van der Waals surface area contributed by atoms with Crippen molar-refractivity contribution in [1.29, 1.82) is 0 Å². The molecule has 1 aliphatic rings. The van der Waals surface area contributed by atoms with Gasteiger partial charge >= 0.3 is 0 Å². The van der Waals surface area contributed by atoms with Crippen molar-refractivity contribution in [3.63, 3.8) is 0 Å². The molecule has 1 N–H and O–H groups in total. The van der Waals surface area contributed by atoms with E-state index in [1.54, 1.807) is 14.0 Å². The van der Waals surface area contributed by atoms with Gasteiger partial charge in [0, 0.05) is 25.3 Å². The molecule has 0 spiro atoms. The van der Waals surface area contributed by atoms with Crippen LogP contribution in [0.5, 0.6) is 0 Å². The maximum Gasteiger partial charge on any atom is 0.156 e. The van der Waals surface area contributed by atoms with E-state index in [0.717, 1.165) is 18.7 Å². The average Bonchev–Trinajstić information content (AvgIpc) is 2.95. The molecule has 2 heterocycles. The van der Waals surface area contributed by atoms with Gasteiger partial charge in [0.2, 0.25) is 0 Å². The van der Waals surface area contributed by atoms with E-state index in [1.807, 2.05) is 5.38 Å². The zero-order chi connectivity index (χ0) is 13.3. The first-order valence-corrected chi connectivity index (χ1v) is 8.65. The van der Waals surface area contributed by atoms with Crippen molar-refractivity contribution < 1.29 is 13.2 Å². The van der Waals surface area contributed by atoms with Gasteiger partial charge in [0.05, 0.1) is 17.8 Å². The summed E-state index contributed by atoms with van der Waals surface area (Å²) in [6.45, 7) is 2.49. The third-order valence-electron chi connectivity index (χ3n) is 3.31. The highest BCUT2D eigenvalue weighted by Crippen LogP contribution is 2.30. The second-order valence-electron chi connectivity index (χ2n) is 4.64. The molecule has 0 amide bonds. The molecule has 1 aliphatic heterocycles. The molecule has 3 atom stereocenters. The third kappa shape index (κ3) is 2.90. The largest absolute Gasteiger partial charge is 0.380 e. The second-order valence-corrected chi connectivity index (χ2v) is 7.89. The molecule has 5 nitrogen and oxygen atoms in total. The molecule has 0 aliphatic carbocycles. The number of hydrogen-bond acceptors (Lipinski definition) is 6. The van der Waals surface area contributed by atoms with Crippen molar-refractivity contribution >= 4 is 21.2 Å². The van der Waals surface area contributed by atoms with Crippen LogP contribution in [0.25, 0.3) is 0 Å². The Morgan fingerprint density at radius 2 is 2.33 bits per heavy atom.